The minimum Gasteiger partial charge on any atom is -0.446 e. The lowest BCUT2D eigenvalue weighted by Crippen LogP contribution is -2.43. The van der Waals surface area contributed by atoms with Crippen LogP contribution >= 0.6 is 0 Å². The summed E-state index contributed by atoms with van der Waals surface area (Å²) in [4.78, 5) is 60.8. The Balaban J connectivity index is 1.00. The van der Waals surface area contributed by atoms with Gasteiger partial charge in [-0.05, 0) is 73.5 Å². The Morgan fingerprint density at radius 3 is 1.76 bits per heavy atom. The molecule has 7 rings (SSSR count). The van der Waals surface area contributed by atoms with Crippen molar-refractivity contribution in [3.05, 3.63) is 108 Å². The third kappa shape index (κ3) is 8.19. The first kappa shape index (κ1) is 37.6. The van der Waals surface area contributed by atoms with Crippen LogP contribution in [0.3, 0.4) is 0 Å². The summed E-state index contributed by atoms with van der Waals surface area (Å²) in [5.74, 6) is 1.61. The molecule has 2 aromatic heterocycles. The maximum absolute atomic E-state index is 14.2. The summed E-state index contributed by atoms with van der Waals surface area (Å²) in [6.07, 6.45) is 5.79. The fraction of sp³-hybridized carbons (Fsp3) is 0.372. The first-order chi connectivity index (χ1) is 26.7. The van der Waals surface area contributed by atoms with Crippen molar-refractivity contribution in [1.82, 2.24) is 34.6 Å². The van der Waals surface area contributed by atoms with Crippen molar-refractivity contribution in [1.29, 1.82) is 0 Å². The van der Waals surface area contributed by atoms with Crippen LogP contribution in [0, 0.1) is 0 Å². The van der Waals surface area contributed by atoms with Crippen LogP contribution < -0.4 is 5.73 Å². The molecular weight excluding hydrogens is 693 g/mol. The van der Waals surface area contributed by atoms with Crippen LogP contribution in [0.25, 0.3) is 33.6 Å². The Morgan fingerprint density at radius 1 is 0.764 bits per heavy atom. The standard InChI is InChI=1S/C43H50N8O4/c1-4-49(5-2)39(33-11-7-6-8-12-33)42(53)51-24-10-14-37(51)41-46-27-35(48-41)32-21-17-30(18-22-32)29-15-19-31(20-16-29)34-26-45-40(47-34)36-13-9-23-50(36)38(52)25-28(3)55-43(44)54/h6-8,11-12,15-22,26-28,36-37,39H,4-5,9-10,13-14,23-25H2,1-3H3,(H2,44,54)(H,45,47)(H,46,48)/t28-,36-,37?,39?/m0/s1. The van der Waals surface area contributed by atoms with Crippen LogP contribution in [-0.2, 0) is 14.3 Å². The van der Waals surface area contributed by atoms with E-state index < -0.39 is 12.2 Å². The highest BCUT2D eigenvalue weighted by Gasteiger charge is 2.38. The molecule has 4 heterocycles. The number of hydrogen-bond acceptors (Lipinski definition) is 7. The van der Waals surface area contributed by atoms with E-state index in [0.29, 0.717) is 6.54 Å². The van der Waals surface area contributed by atoms with Gasteiger partial charge in [-0.25, -0.2) is 14.8 Å². The molecule has 0 radical (unpaired) electrons. The first-order valence-electron chi connectivity index (χ1n) is 19.4. The molecule has 12 nitrogen and oxygen atoms in total. The van der Waals surface area contributed by atoms with Gasteiger partial charge < -0.3 is 30.2 Å². The van der Waals surface area contributed by atoms with Crippen LogP contribution in [0.4, 0.5) is 4.79 Å². The second kappa shape index (κ2) is 16.7. The number of rotatable bonds is 13. The number of aromatic nitrogens is 4. The summed E-state index contributed by atoms with van der Waals surface area (Å²) in [6.45, 7) is 8.81. The van der Waals surface area contributed by atoms with E-state index in [1.54, 1.807) is 11.8 Å². The number of hydrogen-bond donors (Lipinski definition) is 3. The van der Waals surface area contributed by atoms with Crippen LogP contribution in [0.2, 0.25) is 0 Å². The molecule has 0 aliphatic carbocycles. The van der Waals surface area contributed by atoms with Crippen molar-refractivity contribution in [3.63, 3.8) is 0 Å². The zero-order valence-corrected chi connectivity index (χ0v) is 31.8. The lowest BCUT2D eigenvalue weighted by Gasteiger charge is -2.34. The smallest absolute Gasteiger partial charge is 0.404 e. The average Bonchev–Trinajstić information content (AvgIpc) is 4.03. The summed E-state index contributed by atoms with van der Waals surface area (Å²) in [5.41, 5.74) is 12.1. The number of H-pyrrole nitrogens is 2. The molecule has 0 bridgehead atoms. The molecule has 3 aromatic carbocycles. The van der Waals surface area contributed by atoms with Crippen LogP contribution in [0.5, 0.6) is 0 Å². The molecule has 0 saturated carbocycles. The first-order valence-corrected chi connectivity index (χ1v) is 19.4. The Morgan fingerprint density at radius 2 is 1.25 bits per heavy atom. The number of aromatic amines is 2. The molecule has 4 atom stereocenters. The predicted molar refractivity (Wildman–Crippen MR) is 211 cm³/mol. The highest BCUT2D eigenvalue weighted by molar-refractivity contribution is 5.84. The van der Waals surface area contributed by atoms with Crippen molar-refractivity contribution in [3.8, 4) is 33.6 Å². The van der Waals surface area contributed by atoms with Gasteiger partial charge in [0.1, 0.15) is 23.8 Å². The number of likely N-dealkylation sites (N-methyl/N-ethyl adjacent to an activating group) is 1. The molecule has 0 spiro atoms. The number of nitrogens with two attached hydrogens (primary N) is 1. The summed E-state index contributed by atoms with van der Waals surface area (Å²) in [6, 6.07) is 26.3. The number of nitrogens with one attached hydrogen (secondary N) is 2. The van der Waals surface area contributed by atoms with Crippen molar-refractivity contribution >= 4 is 17.9 Å². The van der Waals surface area contributed by atoms with E-state index in [1.165, 1.54) is 0 Å². The Kier molecular flexibility index (Phi) is 11.4. The molecule has 286 valence electrons. The maximum Gasteiger partial charge on any atom is 0.404 e. The van der Waals surface area contributed by atoms with Crippen LogP contribution in [-0.4, -0.2) is 84.8 Å². The van der Waals surface area contributed by atoms with Gasteiger partial charge in [0.2, 0.25) is 11.8 Å². The number of likely N-dealkylation sites (tertiary alicyclic amines) is 2. The Bertz CT molecular complexity index is 2070. The van der Waals surface area contributed by atoms with Gasteiger partial charge in [0.25, 0.3) is 0 Å². The number of nitrogens with zero attached hydrogens (tertiary/aromatic N) is 5. The van der Waals surface area contributed by atoms with E-state index in [1.807, 2.05) is 35.5 Å². The van der Waals surface area contributed by atoms with E-state index in [0.717, 1.165) is 96.2 Å². The molecule has 55 heavy (non-hydrogen) atoms. The normalized spacial score (nSPS) is 18.1. The molecule has 2 fully saturated rings. The number of primary amides is 1. The molecule has 2 unspecified atom stereocenters. The van der Waals surface area contributed by atoms with Gasteiger partial charge in [-0.3, -0.25) is 14.5 Å². The molecule has 2 aliphatic heterocycles. The molecule has 3 amide bonds. The van der Waals surface area contributed by atoms with Crippen LogP contribution in [0.1, 0.15) is 88.2 Å². The lowest BCUT2D eigenvalue weighted by molar-refractivity contribution is -0.138. The zero-order chi connectivity index (χ0) is 38.5. The van der Waals surface area contributed by atoms with E-state index in [9.17, 15) is 14.4 Å². The second-order valence-corrected chi connectivity index (χ2v) is 14.4. The van der Waals surface area contributed by atoms with Crippen LogP contribution in [0.15, 0.2) is 91.3 Å². The molecule has 2 saturated heterocycles. The largest absolute Gasteiger partial charge is 0.446 e. The van der Waals surface area contributed by atoms with E-state index >= 15 is 0 Å². The molecular formula is C43H50N8O4. The van der Waals surface area contributed by atoms with E-state index in [-0.39, 0.29) is 36.4 Å². The van der Waals surface area contributed by atoms with Crippen molar-refractivity contribution in [2.75, 3.05) is 26.2 Å². The highest BCUT2D eigenvalue weighted by atomic mass is 16.6. The number of carbonyl (C=O) groups excluding carboxylic acids is 3. The predicted octanol–water partition coefficient (Wildman–Crippen LogP) is 7.42. The molecule has 12 heteroatoms. The SMILES string of the molecule is CCN(CC)C(C(=O)N1CCCC1c1ncc(-c2ccc(-c3ccc(-c4cnc([C@@H]5CCCN5C(=O)C[C@H](C)OC(N)=O)[nH]4)cc3)cc2)[nH]1)c1ccccc1. The average molecular weight is 743 g/mol. The van der Waals surface area contributed by atoms with Gasteiger partial charge in [-0.15, -0.1) is 0 Å². The fourth-order valence-corrected chi connectivity index (χ4v) is 8.15. The number of amides is 3. The topological polar surface area (TPSA) is 154 Å². The number of benzene rings is 3. The monoisotopic (exact) mass is 742 g/mol. The highest BCUT2D eigenvalue weighted by Crippen LogP contribution is 2.36. The molecule has 4 N–H and O–H groups in total. The number of ether oxygens (including phenoxy) is 1. The number of imidazole rings is 2. The maximum atomic E-state index is 14.2. The third-order valence-electron chi connectivity index (χ3n) is 11.0. The quantitative estimate of drug-likeness (QED) is 0.114. The number of carbonyl (C=O) groups is 3. The van der Waals surface area contributed by atoms with Crippen molar-refractivity contribution < 1.29 is 19.1 Å². The fourth-order valence-electron chi connectivity index (χ4n) is 8.15. The summed E-state index contributed by atoms with van der Waals surface area (Å²) in [7, 11) is 0. The summed E-state index contributed by atoms with van der Waals surface area (Å²) < 4.78 is 4.96. The zero-order valence-electron chi connectivity index (χ0n) is 31.8. The Labute approximate surface area is 322 Å². The minimum atomic E-state index is -0.883. The lowest BCUT2D eigenvalue weighted by atomic mass is 10.0. The van der Waals surface area contributed by atoms with Crippen molar-refractivity contribution in [2.45, 2.75) is 77.1 Å². The molecule has 2 aliphatic rings. The summed E-state index contributed by atoms with van der Waals surface area (Å²) in [5, 5.41) is 0. The van der Waals surface area contributed by atoms with Gasteiger partial charge in [0, 0.05) is 13.1 Å². The van der Waals surface area contributed by atoms with E-state index in [2.05, 4.69) is 94.4 Å². The van der Waals surface area contributed by atoms with Gasteiger partial charge in [-0.2, -0.15) is 0 Å². The van der Waals surface area contributed by atoms with Gasteiger partial charge in [-0.1, -0.05) is 92.7 Å². The van der Waals surface area contributed by atoms with E-state index in [4.69, 9.17) is 15.5 Å². The second-order valence-electron chi connectivity index (χ2n) is 14.4. The Hall–Kier alpha value is -5.75. The van der Waals surface area contributed by atoms with Gasteiger partial charge in [0.15, 0.2) is 0 Å². The molecule has 5 aromatic rings. The van der Waals surface area contributed by atoms with Crippen molar-refractivity contribution in [2.24, 2.45) is 5.73 Å². The minimum absolute atomic E-state index is 0.0765. The van der Waals surface area contributed by atoms with Gasteiger partial charge in [0.05, 0.1) is 42.3 Å². The third-order valence-corrected chi connectivity index (χ3v) is 11.0. The summed E-state index contributed by atoms with van der Waals surface area (Å²) >= 11 is 0. The van der Waals surface area contributed by atoms with Gasteiger partial charge >= 0.3 is 6.09 Å².